The molecule has 6 heteroatoms. The topological polar surface area (TPSA) is 41.6 Å². The predicted octanol–water partition coefficient (Wildman–Crippen LogP) is 2.27. The van der Waals surface area contributed by atoms with Gasteiger partial charge in [-0.2, -0.15) is 0 Å². The second-order valence-corrected chi connectivity index (χ2v) is 5.65. The number of nitrogens with one attached hydrogen (secondary N) is 1. The molecule has 0 aromatic heterocycles. The van der Waals surface area contributed by atoms with Crippen molar-refractivity contribution in [2.45, 2.75) is 12.8 Å². The molecule has 3 rings (SSSR count). The van der Waals surface area contributed by atoms with E-state index in [2.05, 4.69) is 10.2 Å². The van der Waals surface area contributed by atoms with E-state index in [9.17, 15) is 9.18 Å². The highest BCUT2D eigenvalue weighted by Crippen LogP contribution is 2.24. The van der Waals surface area contributed by atoms with Crippen molar-refractivity contribution in [1.29, 1.82) is 0 Å². The van der Waals surface area contributed by atoms with Crippen molar-refractivity contribution in [3.05, 3.63) is 29.6 Å². The first-order chi connectivity index (χ1) is 10.3. The first kappa shape index (κ1) is 17.2. The van der Waals surface area contributed by atoms with Crippen LogP contribution in [0.3, 0.4) is 0 Å². The van der Waals surface area contributed by atoms with Crippen LogP contribution in [0, 0.1) is 11.7 Å². The molecule has 2 saturated heterocycles. The van der Waals surface area contributed by atoms with Crippen molar-refractivity contribution in [1.82, 2.24) is 5.32 Å². The highest BCUT2D eigenvalue weighted by molar-refractivity contribution is 5.98. The lowest BCUT2D eigenvalue weighted by Crippen LogP contribution is -2.36. The number of carbonyl (C=O) groups is 1. The van der Waals surface area contributed by atoms with Gasteiger partial charge in [-0.3, -0.25) is 4.79 Å². The van der Waals surface area contributed by atoms with Gasteiger partial charge in [-0.05, 0) is 44.1 Å². The van der Waals surface area contributed by atoms with Gasteiger partial charge >= 0.3 is 0 Å². The smallest absolute Gasteiger partial charge is 0.168 e. The molecule has 2 aliphatic heterocycles. The fraction of sp³-hybridized carbons (Fsp3) is 0.562. The Morgan fingerprint density at radius 1 is 1.23 bits per heavy atom. The minimum atomic E-state index is -0.400. The van der Waals surface area contributed by atoms with E-state index in [-0.39, 0.29) is 29.7 Å². The summed E-state index contributed by atoms with van der Waals surface area (Å²) in [5.74, 6) is -0.500. The molecule has 0 amide bonds. The van der Waals surface area contributed by atoms with Crippen LogP contribution < -0.4 is 10.2 Å². The van der Waals surface area contributed by atoms with E-state index in [4.69, 9.17) is 4.74 Å². The number of ether oxygens (including phenoxy) is 1. The molecule has 1 aromatic carbocycles. The molecule has 0 saturated carbocycles. The highest BCUT2D eigenvalue weighted by atomic mass is 35.5. The number of nitrogens with zero attached hydrogens (tertiary/aromatic N) is 1. The monoisotopic (exact) mass is 328 g/mol. The Morgan fingerprint density at radius 2 is 1.91 bits per heavy atom. The number of hydrogen-bond acceptors (Lipinski definition) is 4. The second-order valence-electron chi connectivity index (χ2n) is 5.65. The summed E-state index contributed by atoms with van der Waals surface area (Å²) in [7, 11) is 0. The molecule has 1 N–H and O–H groups in total. The van der Waals surface area contributed by atoms with Crippen LogP contribution in [0.5, 0.6) is 0 Å². The molecule has 0 aliphatic carbocycles. The lowest BCUT2D eigenvalue weighted by atomic mass is 9.89. The average molecular weight is 329 g/mol. The maximum atomic E-state index is 14.3. The van der Waals surface area contributed by atoms with E-state index in [1.807, 2.05) is 6.07 Å². The van der Waals surface area contributed by atoms with E-state index in [0.29, 0.717) is 13.2 Å². The number of ketones is 1. The van der Waals surface area contributed by atoms with Gasteiger partial charge in [-0.25, -0.2) is 4.39 Å². The molecule has 2 fully saturated rings. The molecule has 4 nitrogen and oxygen atoms in total. The maximum absolute atomic E-state index is 14.3. The molecule has 0 unspecified atom stereocenters. The Hall–Kier alpha value is -1.17. The molecule has 0 atom stereocenters. The standard InChI is InChI=1S/C16H21FN2O2.ClH/c17-15-11-13(19-7-9-21-10-8-19)1-2-14(15)16(20)12-3-5-18-6-4-12;/h1-2,11-12,18H,3-10H2;1H. The minimum Gasteiger partial charge on any atom is -0.378 e. The van der Waals surface area contributed by atoms with Crippen molar-refractivity contribution < 1.29 is 13.9 Å². The Morgan fingerprint density at radius 3 is 2.55 bits per heavy atom. The van der Waals surface area contributed by atoms with Crippen LogP contribution in [0.1, 0.15) is 23.2 Å². The molecule has 122 valence electrons. The lowest BCUT2D eigenvalue weighted by Gasteiger charge is -2.29. The quantitative estimate of drug-likeness (QED) is 0.864. The normalized spacial score (nSPS) is 19.6. The SMILES string of the molecule is Cl.O=C(c1ccc(N2CCOCC2)cc1F)C1CCNCC1. The van der Waals surface area contributed by atoms with Crippen molar-refractivity contribution >= 4 is 23.9 Å². The average Bonchev–Trinajstić information content (AvgIpc) is 2.56. The van der Waals surface area contributed by atoms with Gasteiger partial charge in [-0.15, -0.1) is 12.4 Å². The first-order valence-corrected chi connectivity index (χ1v) is 7.63. The van der Waals surface area contributed by atoms with E-state index < -0.39 is 5.82 Å². The highest BCUT2D eigenvalue weighted by Gasteiger charge is 2.25. The fourth-order valence-electron chi connectivity index (χ4n) is 3.03. The maximum Gasteiger partial charge on any atom is 0.168 e. The number of morpholine rings is 1. The summed E-state index contributed by atoms with van der Waals surface area (Å²) in [6, 6.07) is 4.98. The fourth-order valence-corrected chi connectivity index (χ4v) is 3.03. The van der Waals surface area contributed by atoms with E-state index in [1.54, 1.807) is 6.07 Å². The molecule has 22 heavy (non-hydrogen) atoms. The zero-order valence-electron chi connectivity index (χ0n) is 12.5. The Labute approximate surface area is 136 Å². The number of benzene rings is 1. The molecule has 2 aliphatic rings. The first-order valence-electron chi connectivity index (χ1n) is 7.63. The number of Topliss-reactive ketones (excluding diaryl/α,β-unsaturated/α-hetero) is 1. The lowest BCUT2D eigenvalue weighted by molar-refractivity contribution is 0.0891. The Balaban J connectivity index is 0.00000176. The summed E-state index contributed by atoms with van der Waals surface area (Å²) >= 11 is 0. The van der Waals surface area contributed by atoms with Gasteiger partial charge in [0.1, 0.15) is 5.82 Å². The van der Waals surface area contributed by atoms with Gasteiger partial charge in [0.05, 0.1) is 18.8 Å². The van der Waals surface area contributed by atoms with Crippen LogP contribution in [-0.2, 0) is 4.74 Å². The molecule has 0 bridgehead atoms. The summed E-state index contributed by atoms with van der Waals surface area (Å²) in [6.45, 7) is 4.53. The number of hydrogen-bond donors (Lipinski definition) is 1. The third-order valence-electron chi connectivity index (χ3n) is 4.30. The number of rotatable bonds is 3. The van der Waals surface area contributed by atoms with Crippen molar-refractivity contribution in [2.24, 2.45) is 5.92 Å². The summed E-state index contributed by atoms with van der Waals surface area (Å²) < 4.78 is 19.6. The molecule has 2 heterocycles. The minimum absolute atomic E-state index is 0. The van der Waals surface area contributed by atoms with Gasteiger partial charge in [0.25, 0.3) is 0 Å². The van der Waals surface area contributed by atoms with E-state index in [1.165, 1.54) is 6.07 Å². The zero-order chi connectivity index (χ0) is 14.7. The van der Waals surface area contributed by atoms with Crippen LogP contribution in [0.2, 0.25) is 0 Å². The van der Waals surface area contributed by atoms with Crippen molar-refractivity contribution in [3.8, 4) is 0 Å². The summed E-state index contributed by atoms with van der Waals surface area (Å²) in [4.78, 5) is 14.5. The van der Waals surface area contributed by atoms with Crippen molar-refractivity contribution in [3.63, 3.8) is 0 Å². The van der Waals surface area contributed by atoms with Gasteiger partial charge in [0.15, 0.2) is 5.78 Å². The predicted molar refractivity (Wildman–Crippen MR) is 86.6 cm³/mol. The summed E-state index contributed by atoms with van der Waals surface area (Å²) in [6.07, 6.45) is 1.59. The Bertz CT molecular complexity index is 515. The largest absolute Gasteiger partial charge is 0.378 e. The number of carbonyl (C=O) groups excluding carboxylic acids is 1. The van der Waals surface area contributed by atoms with Gasteiger partial charge in [0.2, 0.25) is 0 Å². The molecular formula is C16H22ClFN2O2. The molecule has 0 spiro atoms. The number of halogens is 2. The van der Waals surface area contributed by atoms with Crippen LogP contribution in [0.15, 0.2) is 18.2 Å². The van der Waals surface area contributed by atoms with Crippen molar-refractivity contribution in [2.75, 3.05) is 44.3 Å². The van der Waals surface area contributed by atoms with E-state index in [0.717, 1.165) is 44.7 Å². The summed E-state index contributed by atoms with van der Waals surface area (Å²) in [5.41, 5.74) is 1.07. The number of anilines is 1. The van der Waals surface area contributed by atoms with Crippen LogP contribution in [0.25, 0.3) is 0 Å². The van der Waals surface area contributed by atoms with E-state index >= 15 is 0 Å². The number of piperidine rings is 1. The molecular weight excluding hydrogens is 307 g/mol. The summed E-state index contributed by atoms with van der Waals surface area (Å²) in [5, 5.41) is 3.22. The van der Waals surface area contributed by atoms with Crippen LogP contribution in [0.4, 0.5) is 10.1 Å². The second kappa shape index (κ2) is 7.90. The van der Waals surface area contributed by atoms with Gasteiger partial charge in [-0.1, -0.05) is 0 Å². The zero-order valence-corrected chi connectivity index (χ0v) is 13.3. The Kier molecular flexibility index (Phi) is 6.17. The molecule has 1 aromatic rings. The van der Waals surface area contributed by atoms with Gasteiger partial charge in [0, 0.05) is 24.7 Å². The molecule has 0 radical (unpaired) electrons. The van der Waals surface area contributed by atoms with Crippen LogP contribution in [-0.4, -0.2) is 45.2 Å². The third kappa shape index (κ3) is 3.77. The van der Waals surface area contributed by atoms with Crippen LogP contribution >= 0.6 is 12.4 Å². The van der Waals surface area contributed by atoms with Gasteiger partial charge < -0.3 is 15.0 Å². The third-order valence-corrected chi connectivity index (χ3v) is 4.30.